The molecule has 78 valence electrons. The lowest BCUT2D eigenvalue weighted by Crippen LogP contribution is -2.09. The summed E-state index contributed by atoms with van der Waals surface area (Å²) in [5.74, 6) is 0.887. The highest BCUT2D eigenvalue weighted by Crippen LogP contribution is 2.03. The van der Waals surface area contributed by atoms with Crippen LogP contribution >= 0.6 is 0 Å². The standard InChI is InChI=1S/C11H14N4/c1-9-3-2-4-10(14-9)8-15-6-5-13-11(15)7-12/h2-6H,7-8,12H2,1H3. The SMILES string of the molecule is Cc1cccc(Cn2ccnc2CN)n1. The van der Waals surface area contributed by atoms with Gasteiger partial charge in [-0.1, -0.05) is 6.07 Å². The molecule has 2 N–H and O–H groups in total. The molecule has 2 aromatic rings. The molecule has 0 fully saturated rings. The summed E-state index contributed by atoms with van der Waals surface area (Å²) in [6, 6.07) is 6.01. The summed E-state index contributed by atoms with van der Waals surface area (Å²) in [6.07, 6.45) is 3.68. The molecule has 0 radical (unpaired) electrons. The van der Waals surface area contributed by atoms with E-state index < -0.39 is 0 Å². The van der Waals surface area contributed by atoms with Gasteiger partial charge in [-0.3, -0.25) is 4.98 Å². The van der Waals surface area contributed by atoms with Crippen LogP contribution in [0.2, 0.25) is 0 Å². The van der Waals surface area contributed by atoms with Crippen LogP contribution in [0.5, 0.6) is 0 Å². The first kappa shape index (κ1) is 9.86. The minimum Gasteiger partial charge on any atom is -0.328 e. The van der Waals surface area contributed by atoms with Gasteiger partial charge < -0.3 is 10.3 Å². The Morgan fingerprint density at radius 1 is 1.40 bits per heavy atom. The molecule has 0 aliphatic rings. The van der Waals surface area contributed by atoms with E-state index in [1.807, 2.05) is 35.9 Å². The molecule has 0 bridgehead atoms. The Balaban J connectivity index is 2.22. The molecule has 0 aromatic carbocycles. The number of aryl methyl sites for hydroxylation is 1. The Kier molecular flexibility index (Phi) is 2.78. The number of pyridine rings is 1. The predicted molar refractivity (Wildman–Crippen MR) is 58.2 cm³/mol. The highest BCUT2D eigenvalue weighted by molar-refractivity contribution is 5.11. The smallest absolute Gasteiger partial charge is 0.122 e. The Morgan fingerprint density at radius 2 is 2.27 bits per heavy atom. The first-order chi connectivity index (χ1) is 7.29. The third kappa shape index (κ3) is 2.22. The van der Waals surface area contributed by atoms with Crippen molar-refractivity contribution in [1.82, 2.24) is 14.5 Å². The van der Waals surface area contributed by atoms with E-state index in [-0.39, 0.29) is 0 Å². The summed E-state index contributed by atoms with van der Waals surface area (Å²) in [6.45, 7) is 3.17. The maximum atomic E-state index is 5.57. The normalized spacial score (nSPS) is 10.5. The van der Waals surface area contributed by atoms with Gasteiger partial charge in [-0.15, -0.1) is 0 Å². The molecule has 4 heteroatoms. The van der Waals surface area contributed by atoms with E-state index in [4.69, 9.17) is 5.73 Å². The number of imidazole rings is 1. The average Bonchev–Trinajstić information content (AvgIpc) is 2.65. The molecule has 2 rings (SSSR count). The molecule has 2 heterocycles. The van der Waals surface area contributed by atoms with Crippen molar-refractivity contribution in [2.24, 2.45) is 5.73 Å². The Hall–Kier alpha value is -1.68. The molecule has 0 unspecified atom stereocenters. The third-order valence-corrected chi connectivity index (χ3v) is 2.26. The van der Waals surface area contributed by atoms with Gasteiger partial charge in [0.2, 0.25) is 0 Å². The van der Waals surface area contributed by atoms with Gasteiger partial charge in [-0.2, -0.15) is 0 Å². The molecule has 0 atom stereocenters. The van der Waals surface area contributed by atoms with E-state index in [0.29, 0.717) is 6.54 Å². The molecule has 0 spiro atoms. The van der Waals surface area contributed by atoms with Crippen molar-refractivity contribution in [2.75, 3.05) is 0 Å². The van der Waals surface area contributed by atoms with Gasteiger partial charge in [0.15, 0.2) is 0 Å². The third-order valence-electron chi connectivity index (χ3n) is 2.26. The second-order valence-corrected chi connectivity index (χ2v) is 3.45. The van der Waals surface area contributed by atoms with Crippen molar-refractivity contribution in [2.45, 2.75) is 20.0 Å². The predicted octanol–water partition coefficient (Wildman–Crippen LogP) is 1.09. The van der Waals surface area contributed by atoms with Crippen LogP contribution < -0.4 is 5.73 Å². The monoisotopic (exact) mass is 202 g/mol. The molecule has 0 amide bonds. The number of aromatic nitrogens is 3. The molecule has 0 aliphatic heterocycles. The van der Waals surface area contributed by atoms with Gasteiger partial charge in [-0.05, 0) is 19.1 Å². The van der Waals surface area contributed by atoms with Crippen LogP contribution in [0.25, 0.3) is 0 Å². The van der Waals surface area contributed by atoms with Crippen molar-refractivity contribution in [3.8, 4) is 0 Å². The fraction of sp³-hybridized carbons (Fsp3) is 0.273. The van der Waals surface area contributed by atoms with E-state index in [1.54, 1.807) is 6.20 Å². The van der Waals surface area contributed by atoms with E-state index in [2.05, 4.69) is 9.97 Å². The zero-order valence-electron chi connectivity index (χ0n) is 8.72. The van der Waals surface area contributed by atoms with Crippen molar-refractivity contribution in [3.05, 3.63) is 47.8 Å². The van der Waals surface area contributed by atoms with Gasteiger partial charge in [-0.25, -0.2) is 4.98 Å². The number of hydrogen-bond acceptors (Lipinski definition) is 3. The zero-order chi connectivity index (χ0) is 10.7. The molecule has 0 saturated carbocycles. The summed E-state index contributed by atoms with van der Waals surface area (Å²) in [4.78, 5) is 8.60. The van der Waals surface area contributed by atoms with Crippen LogP contribution in [0.1, 0.15) is 17.2 Å². The maximum Gasteiger partial charge on any atom is 0.122 e. The van der Waals surface area contributed by atoms with Crippen LogP contribution in [0.3, 0.4) is 0 Å². The second-order valence-electron chi connectivity index (χ2n) is 3.45. The molecule has 0 saturated heterocycles. The van der Waals surface area contributed by atoms with Crippen LogP contribution in [-0.2, 0) is 13.1 Å². The van der Waals surface area contributed by atoms with Crippen LogP contribution in [0.15, 0.2) is 30.6 Å². The summed E-state index contributed by atoms with van der Waals surface area (Å²) in [7, 11) is 0. The fourth-order valence-corrected chi connectivity index (χ4v) is 1.54. The summed E-state index contributed by atoms with van der Waals surface area (Å²) in [5.41, 5.74) is 7.63. The Labute approximate surface area is 88.8 Å². The first-order valence-corrected chi connectivity index (χ1v) is 4.92. The Bertz CT molecular complexity index is 447. The lowest BCUT2D eigenvalue weighted by atomic mass is 10.3. The second kappa shape index (κ2) is 4.23. The first-order valence-electron chi connectivity index (χ1n) is 4.92. The minimum atomic E-state index is 0.457. The van der Waals surface area contributed by atoms with Crippen molar-refractivity contribution >= 4 is 0 Å². The highest BCUT2D eigenvalue weighted by atomic mass is 15.1. The van der Waals surface area contributed by atoms with E-state index >= 15 is 0 Å². The van der Waals surface area contributed by atoms with Crippen LogP contribution in [0.4, 0.5) is 0 Å². The van der Waals surface area contributed by atoms with Gasteiger partial charge in [0.1, 0.15) is 5.82 Å². The minimum absolute atomic E-state index is 0.457. The van der Waals surface area contributed by atoms with Crippen LogP contribution in [0, 0.1) is 6.92 Å². The molecule has 4 nitrogen and oxygen atoms in total. The Morgan fingerprint density at radius 3 is 3.00 bits per heavy atom. The van der Waals surface area contributed by atoms with Crippen molar-refractivity contribution in [1.29, 1.82) is 0 Å². The molecular weight excluding hydrogens is 188 g/mol. The summed E-state index contributed by atoms with van der Waals surface area (Å²) < 4.78 is 2.02. The molecular formula is C11H14N4. The fourth-order valence-electron chi connectivity index (χ4n) is 1.54. The number of hydrogen-bond donors (Lipinski definition) is 1. The summed E-state index contributed by atoms with van der Waals surface area (Å²) >= 11 is 0. The van der Waals surface area contributed by atoms with Gasteiger partial charge >= 0.3 is 0 Å². The quantitative estimate of drug-likeness (QED) is 0.810. The topological polar surface area (TPSA) is 56.7 Å². The largest absolute Gasteiger partial charge is 0.328 e. The van der Waals surface area contributed by atoms with Gasteiger partial charge in [0, 0.05) is 18.1 Å². The maximum absolute atomic E-state index is 5.57. The van der Waals surface area contributed by atoms with E-state index in [0.717, 1.165) is 23.8 Å². The van der Waals surface area contributed by atoms with Crippen molar-refractivity contribution < 1.29 is 0 Å². The lowest BCUT2D eigenvalue weighted by Gasteiger charge is -2.06. The lowest BCUT2D eigenvalue weighted by molar-refractivity contribution is 0.708. The highest BCUT2D eigenvalue weighted by Gasteiger charge is 2.01. The van der Waals surface area contributed by atoms with E-state index in [9.17, 15) is 0 Å². The number of rotatable bonds is 3. The zero-order valence-corrected chi connectivity index (χ0v) is 8.72. The summed E-state index contributed by atoms with van der Waals surface area (Å²) in [5, 5.41) is 0. The molecule has 0 aliphatic carbocycles. The van der Waals surface area contributed by atoms with Crippen molar-refractivity contribution in [3.63, 3.8) is 0 Å². The average molecular weight is 202 g/mol. The van der Waals surface area contributed by atoms with Crippen LogP contribution in [-0.4, -0.2) is 14.5 Å². The molecule has 15 heavy (non-hydrogen) atoms. The number of nitrogens with zero attached hydrogens (tertiary/aromatic N) is 3. The number of nitrogens with two attached hydrogens (primary N) is 1. The van der Waals surface area contributed by atoms with Gasteiger partial charge in [0.25, 0.3) is 0 Å². The van der Waals surface area contributed by atoms with Gasteiger partial charge in [0.05, 0.1) is 18.8 Å². The van der Waals surface area contributed by atoms with E-state index in [1.165, 1.54) is 0 Å². The molecule has 2 aromatic heterocycles.